The molecule has 1 heterocycles. The van der Waals surface area contributed by atoms with Gasteiger partial charge >= 0.3 is 0 Å². The highest BCUT2D eigenvalue weighted by molar-refractivity contribution is 6.77. The lowest BCUT2D eigenvalue weighted by Gasteiger charge is -2.43. The molecule has 0 aliphatic carbocycles. The van der Waals surface area contributed by atoms with Crippen LogP contribution in [0.3, 0.4) is 0 Å². The van der Waals surface area contributed by atoms with E-state index in [2.05, 4.69) is 31.1 Å². The first-order valence-corrected chi connectivity index (χ1v) is 9.22. The molecule has 1 aliphatic rings. The van der Waals surface area contributed by atoms with Crippen LogP contribution in [0.4, 0.5) is 0 Å². The monoisotopic (exact) mass is 225 g/mol. The molecule has 88 valence electrons. The quantitative estimate of drug-likeness (QED) is 0.487. The van der Waals surface area contributed by atoms with Crippen LogP contribution >= 0.6 is 0 Å². The second kappa shape index (κ2) is 6.49. The van der Waals surface area contributed by atoms with Crippen molar-refractivity contribution < 1.29 is 0 Å². The number of hydrogen-bond acceptors (Lipinski definition) is 1. The van der Waals surface area contributed by atoms with Crippen molar-refractivity contribution in [2.24, 2.45) is 0 Å². The van der Waals surface area contributed by atoms with Crippen molar-refractivity contribution in [1.82, 2.24) is 4.57 Å². The van der Waals surface area contributed by atoms with Crippen LogP contribution in [0.25, 0.3) is 0 Å². The van der Waals surface area contributed by atoms with Crippen molar-refractivity contribution in [2.45, 2.75) is 57.7 Å². The zero-order valence-corrected chi connectivity index (χ0v) is 11.6. The number of hydrogen-bond donors (Lipinski definition) is 0. The average molecular weight is 225 g/mol. The summed E-state index contributed by atoms with van der Waals surface area (Å²) in [7, 11) is -1.15. The molecule has 0 spiro atoms. The second-order valence-electron chi connectivity index (χ2n) is 4.87. The molecule has 0 radical (unpaired) electrons. The predicted molar refractivity (Wildman–Crippen MR) is 71.8 cm³/mol. The third-order valence-corrected chi connectivity index (χ3v) is 9.51. The number of rotatable bonds is 6. The largest absolute Gasteiger partial charge is 0.323 e. The summed E-state index contributed by atoms with van der Waals surface area (Å²) in [5.41, 5.74) is 0. The van der Waals surface area contributed by atoms with E-state index in [0.717, 1.165) is 0 Å². The van der Waals surface area contributed by atoms with Gasteiger partial charge in [0.1, 0.15) is 8.24 Å². The van der Waals surface area contributed by atoms with E-state index in [1.54, 1.807) is 0 Å². The topological polar surface area (TPSA) is 3.24 Å². The van der Waals surface area contributed by atoms with Gasteiger partial charge in [-0.15, -0.1) is 6.58 Å². The van der Waals surface area contributed by atoms with Crippen molar-refractivity contribution in [3.8, 4) is 0 Å². The Morgan fingerprint density at radius 2 is 1.87 bits per heavy atom. The van der Waals surface area contributed by atoms with E-state index >= 15 is 0 Å². The predicted octanol–water partition coefficient (Wildman–Crippen LogP) is 4.03. The Morgan fingerprint density at radius 3 is 2.33 bits per heavy atom. The van der Waals surface area contributed by atoms with Crippen LogP contribution in [0.15, 0.2) is 12.7 Å². The fraction of sp³-hybridized carbons (Fsp3) is 0.846. The molecule has 2 heteroatoms. The minimum atomic E-state index is -1.15. The SMILES string of the molecule is C=CC[Si](CC)(CCC)N1CCCCC1. The molecule has 1 nitrogen and oxygen atoms in total. The first-order valence-electron chi connectivity index (χ1n) is 6.65. The molecule has 0 aromatic rings. The highest BCUT2D eigenvalue weighted by Gasteiger charge is 2.36. The van der Waals surface area contributed by atoms with Gasteiger partial charge in [0.25, 0.3) is 0 Å². The van der Waals surface area contributed by atoms with Crippen molar-refractivity contribution in [1.29, 1.82) is 0 Å². The fourth-order valence-corrected chi connectivity index (χ4v) is 7.64. The van der Waals surface area contributed by atoms with Crippen LogP contribution < -0.4 is 0 Å². The van der Waals surface area contributed by atoms with E-state index in [0.29, 0.717) is 0 Å². The molecule has 1 fully saturated rings. The van der Waals surface area contributed by atoms with Gasteiger partial charge < -0.3 is 4.57 Å². The highest BCUT2D eigenvalue weighted by Crippen LogP contribution is 2.29. The number of nitrogens with zero attached hydrogens (tertiary/aromatic N) is 1. The first kappa shape index (κ1) is 13.0. The Bertz CT molecular complexity index is 187. The van der Waals surface area contributed by atoms with Crippen LogP contribution in [-0.4, -0.2) is 25.9 Å². The summed E-state index contributed by atoms with van der Waals surface area (Å²) in [6.07, 6.45) is 7.83. The lowest BCUT2D eigenvalue weighted by atomic mass is 10.2. The summed E-state index contributed by atoms with van der Waals surface area (Å²) in [6, 6.07) is 4.18. The van der Waals surface area contributed by atoms with Gasteiger partial charge in [0.05, 0.1) is 0 Å². The number of piperidine rings is 1. The molecular formula is C13H27NSi. The van der Waals surface area contributed by atoms with Crippen LogP contribution in [0, 0.1) is 0 Å². The zero-order chi connectivity index (χ0) is 11.1. The zero-order valence-electron chi connectivity index (χ0n) is 10.6. The van der Waals surface area contributed by atoms with Crippen LogP contribution in [-0.2, 0) is 0 Å². The summed E-state index contributed by atoms with van der Waals surface area (Å²) in [4.78, 5) is 0. The van der Waals surface area contributed by atoms with Crippen LogP contribution in [0.1, 0.15) is 39.5 Å². The van der Waals surface area contributed by atoms with Gasteiger partial charge in [0.2, 0.25) is 0 Å². The lowest BCUT2D eigenvalue weighted by molar-refractivity contribution is 0.338. The van der Waals surface area contributed by atoms with Gasteiger partial charge in [-0.3, -0.25) is 0 Å². The molecule has 1 unspecified atom stereocenters. The normalized spacial score (nSPS) is 22.3. The van der Waals surface area contributed by atoms with Crippen molar-refractivity contribution in [3.05, 3.63) is 12.7 Å². The smallest absolute Gasteiger partial charge is 0.131 e. The maximum atomic E-state index is 3.98. The molecule has 0 aromatic carbocycles. The van der Waals surface area contributed by atoms with Gasteiger partial charge in [-0.2, -0.15) is 0 Å². The molecule has 1 saturated heterocycles. The maximum absolute atomic E-state index is 3.98. The Morgan fingerprint density at radius 1 is 1.20 bits per heavy atom. The molecule has 0 N–H and O–H groups in total. The van der Waals surface area contributed by atoms with Crippen LogP contribution in [0.2, 0.25) is 18.1 Å². The summed E-state index contributed by atoms with van der Waals surface area (Å²) in [5, 5.41) is 0. The Labute approximate surface area is 96.6 Å². The summed E-state index contributed by atoms with van der Waals surface area (Å²) < 4.78 is 2.88. The Kier molecular flexibility index (Phi) is 5.62. The van der Waals surface area contributed by atoms with Crippen LogP contribution in [0.5, 0.6) is 0 Å². The molecule has 0 amide bonds. The van der Waals surface area contributed by atoms with E-state index in [1.165, 1.54) is 56.9 Å². The van der Waals surface area contributed by atoms with E-state index in [4.69, 9.17) is 0 Å². The summed E-state index contributed by atoms with van der Waals surface area (Å²) in [6.45, 7) is 11.5. The average Bonchev–Trinajstić information content (AvgIpc) is 2.30. The van der Waals surface area contributed by atoms with E-state index < -0.39 is 8.24 Å². The van der Waals surface area contributed by atoms with E-state index in [1.807, 2.05) is 0 Å². The van der Waals surface area contributed by atoms with E-state index in [-0.39, 0.29) is 0 Å². The van der Waals surface area contributed by atoms with Gasteiger partial charge in [0, 0.05) is 0 Å². The lowest BCUT2D eigenvalue weighted by Crippen LogP contribution is -2.54. The van der Waals surface area contributed by atoms with Gasteiger partial charge in [0.15, 0.2) is 0 Å². The minimum absolute atomic E-state index is 1.15. The molecular weight excluding hydrogens is 198 g/mol. The first-order chi connectivity index (χ1) is 7.29. The molecule has 0 bridgehead atoms. The Hall–Kier alpha value is -0.0831. The Balaban J connectivity index is 2.70. The molecule has 1 rings (SSSR count). The standard InChI is InChI=1S/C13H27NSi/c1-4-12-15(6-3,13-5-2)14-10-8-7-9-11-14/h4H,1,5-13H2,2-3H3. The van der Waals surface area contributed by atoms with Gasteiger partial charge in [-0.1, -0.05) is 32.8 Å². The highest BCUT2D eigenvalue weighted by atomic mass is 28.3. The molecule has 0 aromatic heterocycles. The summed E-state index contributed by atoms with van der Waals surface area (Å²) >= 11 is 0. The van der Waals surface area contributed by atoms with Crippen molar-refractivity contribution in [2.75, 3.05) is 13.1 Å². The van der Waals surface area contributed by atoms with Crippen molar-refractivity contribution >= 4 is 8.24 Å². The maximum Gasteiger partial charge on any atom is 0.131 e. The second-order valence-corrected chi connectivity index (χ2v) is 9.56. The molecule has 15 heavy (non-hydrogen) atoms. The summed E-state index contributed by atoms with van der Waals surface area (Å²) in [5.74, 6) is 0. The van der Waals surface area contributed by atoms with Gasteiger partial charge in [-0.05, 0) is 44.1 Å². The van der Waals surface area contributed by atoms with Crippen molar-refractivity contribution in [3.63, 3.8) is 0 Å². The molecule has 1 atom stereocenters. The fourth-order valence-electron chi connectivity index (χ4n) is 3.04. The minimum Gasteiger partial charge on any atom is -0.323 e. The molecule has 1 aliphatic heterocycles. The third-order valence-electron chi connectivity index (χ3n) is 3.92. The van der Waals surface area contributed by atoms with E-state index in [9.17, 15) is 0 Å². The third kappa shape index (κ3) is 3.18. The number of allylic oxidation sites excluding steroid dienone is 1. The van der Waals surface area contributed by atoms with Gasteiger partial charge in [-0.25, -0.2) is 0 Å². The molecule has 0 saturated carbocycles.